The van der Waals surface area contributed by atoms with Gasteiger partial charge in [-0.15, -0.1) is 0 Å². The zero-order chi connectivity index (χ0) is 15.9. The highest BCUT2D eigenvalue weighted by molar-refractivity contribution is 7.91. The maximum Gasteiger partial charge on any atom is 0.181 e. The van der Waals surface area contributed by atoms with Gasteiger partial charge in [-0.2, -0.15) is 5.26 Å². The van der Waals surface area contributed by atoms with Gasteiger partial charge in [-0.3, -0.25) is 4.98 Å². The van der Waals surface area contributed by atoms with Gasteiger partial charge in [0, 0.05) is 11.6 Å². The van der Waals surface area contributed by atoms with Crippen molar-refractivity contribution >= 4 is 9.84 Å². The molecule has 1 N–H and O–H groups in total. The smallest absolute Gasteiger partial charge is 0.181 e. The molecule has 2 aromatic rings. The molecule has 0 spiro atoms. The molecule has 6 nitrogen and oxygen atoms in total. The van der Waals surface area contributed by atoms with Crippen LogP contribution in [0.4, 0.5) is 4.39 Å². The minimum Gasteiger partial charge on any atom is -0.454 e. The number of nitriles is 1. The molecule has 2 heterocycles. The minimum atomic E-state index is -3.61. The number of aliphatic hydroxyl groups excluding tert-OH is 1. The van der Waals surface area contributed by atoms with Crippen molar-refractivity contribution in [1.29, 1.82) is 5.26 Å². The topological polar surface area (TPSA) is 100 Å². The van der Waals surface area contributed by atoms with E-state index in [0.717, 1.165) is 12.3 Å². The Morgan fingerprint density at radius 3 is 2.86 bits per heavy atom. The number of fused-ring (bicyclic) bond motifs is 1. The van der Waals surface area contributed by atoms with Crippen LogP contribution in [0.5, 0.6) is 11.5 Å². The number of benzene rings is 1. The van der Waals surface area contributed by atoms with Crippen molar-refractivity contribution in [3.8, 4) is 17.6 Å². The maximum absolute atomic E-state index is 13.1. The summed E-state index contributed by atoms with van der Waals surface area (Å²) in [6.45, 7) is 0. The quantitative estimate of drug-likeness (QED) is 0.904. The summed E-state index contributed by atoms with van der Waals surface area (Å²) >= 11 is 0. The van der Waals surface area contributed by atoms with Gasteiger partial charge in [-0.25, -0.2) is 12.8 Å². The lowest BCUT2D eigenvalue weighted by atomic mass is 10.0. The average Bonchev–Trinajstić information content (AvgIpc) is 2.68. The molecule has 1 aromatic carbocycles. The van der Waals surface area contributed by atoms with Crippen LogP contribution in [0.1, 0.15) is 17.2 Å². The second-order valence-corrected chi connectivity index (χ2v) is 6.70. The molecule has 8 heteroatoms. The summed E-state index contributed by atoms with van der Waals surface area (Å²) in [5.41, 5.74) is -0.0697. The van der Waals surface area contributed by atoms with Crippen molar-refractivity contribution in [1.82, 2.24) is 4.98 Å². The number of nitrogens with zero attached hydrogens (tertiary/aromatic N) is 2. The molecule has 0 saturated carbocycles. The zero-order valence-corrected chi connectivity index (χ0v) is 11.8. The van der Waals surface area contributed by atoms with Crippen molar-refractivity contribution < 1.29 is 22.7 Å². The Hall–Kier alpha value is -2.50. The van der Waals surface area contributed by atoms with Gasteiger partial charge >= 0.3 is 0 Å². The Balaban J connectivity index is 2.12. The van der Waals surface area contributed by atoms with Crippen LogP contribution in [-0.2, 0) is 9.84 Å². The van der Waals surface area contributed by atoms with Crippen molar-refractivity contribution in [3.63, 3.8) is 0 Å². The molecule has 0 radical (unpaired) electrons. The van der Waals surface area contributed by atoms with E-state index in [0.29, 0.717) is 0 Å². The number of pyridine rings is 1. The summed E-state index contributed by atoms with van der Waals surface area (Å²) < 4.78 is 42.3. The van der Waals surface area contributed by atoms with E-state index in [4.69, 9.17) is 4.74 Å². The van der Waals surface area contributed by atoms with Crippen molar-refractivity contribution in [2.24, 2.45) is 0 Å². The molecule has 0 fully saturated rings. The van der Waals surface area contributed by atoms with Crippen LogP contribution in [0.3, 0.4) is 0 Å². The number of aliphatic hydroxyl groups is 1. The Morgan fingerprint density at radius 2 is 2.18 bits per heavy atom. The van der Waals surface area contributed by atoms with Crippen LogP contribution >= 0.6 is 0 Å². The first kappa shape index (κ1) is 14.4. The predicted octanol–water partition coefficient (Wildman–Crippen LogP) is 1.71. The second-order valence-electron chi connectivity index (χ2n) is 4.70. The van der Waals surface area contributed by atoms with E-state index in [1.807, 2.05) is 6.07 Å². The standard InChI is InChI=1S/C14H9FN2O4S/c15-8-3-9(6-17-5-8)21-12-1-2-13-14(10(12)4-16)11(18)7-22(13,19)20/h1-3,5-6,11,18H,7H2/t11-/m0/s1. The molecular weight excluding hydrogens is 311 g/mol. The number of sulfone groups is 1. The molecule has 3 rings (SSSR count). The highest BCUT2D eigenvalue weighted by Gasteiger charge is 2.37. The summed E-state index contributed by atoms with van der Waals surface area (Å²) in [7, 11) is -3.61. The highest BCUT2D eigenvalue weighted by atomic mass is 32.2. The molecule has 1 aliphatic rings. The zero-order valence-electron chi connectivity index (χ0n) is 11.0. The lowest BCUT2D eigenvalue weighted by molar-refractivity contribution is 0.203. The molecule has 112 valence electrons. The average molecular weight is 320 g/mol. The number of hydrogen-bond donors (Lipinski definition) is 1. The fraction of sp³-hybridized carbons (Fsp3) is 0.143. The first-order valence-electron chi connectivity index (χ1n) is 6.18. The van der Waals surface area contributed by atoms with E-state index in [9.17, 15) is 23.2 Å². The highest BCUT2D eigenvalue weighted by Crippen LogP contribution is 2.40. The Morgan fingerprint density at radius 1 is 1.41 bits per heavy atom. The van der Waals surface area contributed by atoms with Gasteiger partial charge in [0.15, 0.2) is 9.84 Å². The third kappa shape index (κ3) is 2.30. The normalized spacial score (nSPS) is 18.5. The van der Waals surface area contributed by atoms with Crippen LogP contribution in [0, 0.1) is 17.1 Å². The number of ether oxygens (including phenoxy) is 1. The summed E-state index contributed by atoms with van der Waals surface area (Å²) in [5.74, 6) is -0.987. The maximum atomic E-state index is 13.1. The summed E-state index contributed by atoms with van der Waals surface area (Å²) in [6.07, 6.45) is 0.964. The minimum absolute atomic E-state index is 0.0179. The SMILES string of the molecule is N#Cc1c(Oc2cncc(F)c2)ccc2c1[C@@H](O)CS2(=O)=O. The van der Waals surface area contributed by atoms with Gasteiger partial charge in [0.2, 0.25) is 0 Å². The van der Waals surface area contributed by atoms with Gasteiger partial charge in [0.25, 0.3) is 0 Å². The van der Waals surface area contributed by atoms with Crippen molar-refractivity contribution in [3.05, 3.63) is 47.5 Å². The van der Waals surface area contributed by atoms with Crippen molar-refractivity contribution in [2.45, 2.75) is 11.0 Å². The molecule has 1 atom stereocenters. The fourth-order valence-electron chi connectivity index (χ4n) is 2.34. The van der Waals surface area contributed by atoms with Crippen LogP contribution in [-0.4, -0.2) is 24.3 Å². The van der Waals surface area contributed by atoms with Crippen LogP contribution in [0.15, 0.2) is 35.5 Å². The van der Waals surface area contributed by atoms with E-state index in [-0.39, 0.29) is 27.5 Å². The Labute approximate surface area is 125 Å². The molecule has 22 heavy (non-hydrogen) atoms. The third-order valence-corrected chi connectivity index (χ3v) is 5.01. The lowest BCUT2D eigenvalue weighted by Crippen LogP contribution is -2.02. The first-order chi connectivity index (χ1) is 10.4. The van der Waals surface area contributed by atoms with Crippen LogP contribution in [0.25, 0.3) is 0 Å². The Bertz CT molecular complexity index is 906. The monoisotopic (exact) mass is 320 g/mol. The molecule has 1 aromatic heterocycles. The van der Waals surface area contributed by atoms with Crippen LogP contribution in [0.2, 0.25) is 0 Å². The van der Waals surface area contributed by atoms with Gasteiger partial charge in [-0.05, 0) is 12.1 Å². The molecule has 1 aliphatic heterocycles. The van der Waals surface area contributed by atoms with Gasteiger partial charge in [0.05, 0.1) is 29.1 Å². The van der Waals surface area contributed by atoms with E-state index in [1.165, 1.54) is 18.3 Å². The predicted molar refractivity (Wildman–Crippen MR) is 72.4 cm³/mol. The summed E-state index contributed by atoms with van der Waals surface area (Å²) in [6, 6.07) is 5.48. The number of hydrogen-bond acceptors (Lipinski definition) is 6. The molecule has 0 unspecified atom stereocenters. The van der Waals surface area contributed by atoms with E-state index >= 15 is 0 Å². The van der Waals surface area contributed by atoms with E-state index < -0.39 is 27.5 Å². The van der Waals surface area contributed by atoms with Crippen molar-refractivity contribution in [2.75, 3.05) is 5.75 Å². The fourth-order valence-corrected chi connectivity index (χ4v) is 3.95. The van der Waals surface area contributed by atoms with Gasteiger partial charge < -0.3 is 9.84 Å². The van der Waals surface area contributed by atoms with Crippen LogP contribution < -0.4 is 4.74 Å². The first-order valence-corrected chi connectivity index (χ1v) is 7.84. The van der Waals surface area contributed by atoms with Gasteiger partial charge in [-0.1, -0.05) is 0 Å². The second kappa shape index (κ2) is 5.05. The molecule has 0 amide bonds. The third-order valence-electron chi connectivity index (χ3n) is 3.23. The number of rotatable bonds is 2. The van der Waals surface area contributed by atoms with E-state index in [2.05, 4.69) is 4.98 Å². The Kier molecular flexibility index (Phi) is 3.31. The van der Waals surface area contributed by atoms with Gasteiger partial charge in [0.1, 0.15) is 28.9 Å². The summed E-state index contributed by atoms with van der Waals surface area (Å²) in [4.78, 5) is 3.54. The molecule has 0 saturated heterocycles. The van der Waals surface area contributed by atoms with E-state index in [1.54, 1.807) is 0 Å². The number of halogens is 1. The molecular formula is C14H9FN2O4S. The number of aromatic nitrogens is 1. The lowest BCUT2D eigenvalue weighted by Gasteiger charge is -2.11. The molecule has 0 bridgehead atoms. The largest absolute Gasteiger partial charge is 0.454 e. The summed E-state index contributed by atoms with van der Waals surface area (Å²) in [5, 5.41) is 19.2. The molecule has 0 aliphatic carbocycles.